The smallest absolute Gasteiger partial charge is 0.323 e. The average Bonchev–Trinajstić information content (AvgIpc) is 2.48. The number of carboxylic acids is 1. The van der Waals surface area contributed by atoms with Gasteiger partial charge in [-0.25, -0.2) is 0 Å². The number of carbonyl (C=O) groups excluding carboxylic acids is 1. The molecule has 1 saturated heterocycles. The van der Waals surface area contributed by atoms with Crippen molar-refractivity contribution in [3.8, 4) is 0 Å². The number of hydrogen-bond donors (Lipinski definition) is 3. The molecule has 0 bridgehead atoms. The molecule has 1 atom stereocenters. The minimum Gasteiger partial charge on any atom is -0.480 e. The molecule has 14 heavy (non-hydrogen) atoms. The summed E-state index contributed by atoms with van der Waals surface area (Å²) in [5.41, 5.74) is -0.937. The Morgan fingerprint density at radius 1 is 1.71 bits per heavy atom. The maximum absolute atomic E-state index is 10.9. The van der Waals surface area contributed by atoms with Gasteiger partial charge in [-0.2, -0.15) is 0 Å². The van der Waals surface area contributed by atoms with Crippen molar-refractivity contribution in [1.82, 2.24) is 10.6 Å². The van der Waals surface area contributed by atoms with Crippen molar-refractivity contribution in [3.63, 3.8) is 0 Å². The Bertz CT molecular complexity index is 250. The summed E-state index contributed by atoms with van der Waals surface area (Å²) in [5.74, 6) is -0.841. The fourth-order valence-electron chi connectivity index (χ4n) is 1.28. The van der Waals surface area contributed by atoms with Crippen LogP contribution in [0.1, 0.15) is 26.7 Å². The van der Waals surface area contributed by atoms with Gasteiger partial charge >= 0.3 is 5.97 Å². The third kappa shape index (κ3) is 2.70. The van der Waals surface area contributed by atoms with Crippen LogP contribution in [0.2, 0.25) is 0 Å². The summed E-state index contributed by atoms with van der Waals surface area (Å²) in [6, 6.07) is 0.0705. The van der Waals surface area contributed by atoms with Gasteiger partial charge in [-0.3, -0.25) is 9.59 Å². The lowest BCUT2D eigenvalue weighted by Crippen LogP contribution is -2.51. The molecule has 0 aromatic carbocycles. The maximum atomic E-state index is 10.9. The fourth-order valence-corrected chi connectivity index (χ4v) is 1.28. The van der Waals surface area contributed by atoms with E-state index in [0.717, 1.165) is 6.42 Å². The summed E-state index contributed by atoms with van der Waals surface area (Å²) < 4.78 is 0. The van der Waals surface area contributed by atoms with Gasteiger partial charge in [-0.1, -0.05) is 0 Å². The van der Waals surface area contributed by atoms with Crippen molar-refractivity contribution >= 4 is 11.9 Å². The zero-order valence-corrected chi connectivity index (χ0v) is 8.46. The van der Waals surface area contributed by atoms with Gasteiger partial charge in [0.2, 0.25) is 5.91 Å². The van der Waals surface area contributed by atoms with Crippen LogP contribution in [0.3, 0.4) is 0 Å². The van der Waals surface area contributed by atoms with Gasteiger partial charge in [0.25, 0.3) is 0 Å². The first-order chi connectivity index (χ1) is 6.42. The van der Waals surface area contributed by atoms with Crippen LogP contribution in [0.15, 0.2) is 0 Å². The van der Waals surface area contributed by atoms with Crippen molar-refractivity contribution in [2.45, 2.75) is 38.3 Å². The Balaban J connectivity index is 2.33. The van der Waals surface area contributed by atoms with E-state index in [-0.39, 0.29) is 11.9 Å². The second-order valence-corrected chi connectivity index (χ2v) is 4.11. The summed E-state index contributed by atoms with van der Waals surface area (Å²) in [7, 11) is 0. The van der Waals surface area contributed by atoms with E-state index >= 15 is 0 Å². The Morgan fingerprint density at radius 2 is 2.36 bits per heavy atom. The second-order valence-electron chi connectivity index (χ2n) is 4.11. The van der Waals surface area contributed by atoms with Gasteiger partial charge in [0, 0.05) is 19.0 Å². The molecule has 0 aromatic heterocycles. The molecule has 5 heteroatoms. The third-order valence-electron chi connectivity index (χ3n) is 2.41. The van der Waals surface area contributed by atoms with Crippen LogP contribution in [0, 0.1) is 0 Å². The standard InChI is InChI=1S/C9H16N2O3/c1-9(2,8(13)14)10-5-6-3-4-7(12)11-6/h6,10H,3-5H2,1-2H3,(H,11,12)(H,13,14). The summed E-state index contributed by atoms with van der Waals surface area (Å²) >= 11 is 0. The highest BCUT2D eigenvalue weighted by molar-refractivity contribution is 5.79. The van der Waals surface area contributed by atoms with E-state index in [1.54, 1.807) is 13.8 Å². The predicted molar refractivity (Wildman–Crippen MR) is 50.9 cm³/mol. The van der Waals surface area contributed by atoms with Crippen LogP contribution in [-0.2, 0) is 9.59 Å². The first kappa shape index (κ1) is 11.0. The Morgan fingerprint density at radius 3 is 2.79 bits per heavy atom. The zero-order chi connectivity index (χ0) is 10.8. The number of carbonyl (C=O) groups is 2. The number of hydrogen-bond acceptors (Lipinski definition) is 3. The van der Waals surface area contributed by atoms with Gasteiger partial charge in [0.15, 0.2) is 0 Å². The average molecular weight is 200 g/mol. The molecule has 80 valence electrons. The van der Waals surface area contributed by atoms with Gasteiger partial charge in [0.1, 0.15) is 5.54 Å². The molecular weight excluding hydrogens is 184 g/mol. The highest BCUT2D eigenvalue weighted by atomic mass is 16.4. The lowest BCUT2D eigenvalue weighted by molar-refractivity contribution is -0.143. The van der Waals surface area contributed by atoms with Crippen LogP contribution in [0.25, 0.3) is 0 Å². The van der Waals surface area contributed by atoms with Crippen LogP contribution < -0.4 is 10.6 Å². The van der Waals surface area contributed by atoms with Crippen LogP contribution >= 0.6 is 0 Å². The molecular formula is C9H16N2O3. The van der Waals surface area contributed by atoms with Gasteiger partial charge in [-0.05, 0) is 20.3 Å². The Kier molecular flexibility index (Phi) is 3.10. The van der Waals surface area contributed by atoms with Crippen molar-refractivity contribution < 1.29 is 14.7 Å². The van der Waals surface area contributed by atoms with Gasteiger partial charge in [0.05, 0.1) is 0 Å². The van der Waals surface area contributed by atoms with E-state index in [2.05, 4.69) is 10.6 Å². The molecule has 1 amide bonds. The minimum absolute atomic E-state index is 0.0462. The summed E-state index contributed by atoms with van der Waals surface area (Å²) in [4.78, 5) is 21.6. The first-order valence-electron chi connectivity index (χ1n) is 4.69. The normalized spacial score (nSPS) is 22.1. The maximum Gasteiger partial charge on any atom is 0.323 e. The first-order valence-corrected chi connectivity index (χ1v) is 4.69. The molecule has 1 heterocycles. The molecule has 3 N–H and O–H groups in total. The SMILES string of the molecule is CC(C)(NCC1CCC(=O)N1)C(=O)O. The number of amides is 1. The molecule has 0 spiro atoms. The van der Waals surface area contributed by atoms with Crippen LogP contribution in [0.5, 0.6) is 0 Å². The predicted octanol–water partition coefficient (Wildman–Crippen LogP) is -0.282. The monoisotopic (exact) mass is 200 g/mol. The molecule has 0 aromatic rings. The fraction of sp³-hybridized carbons (Fsp3) is 0.778. The molecule has 0 saturated carbocycles. The largest absolute Gasteiger partial charge is 0.480 e. The van der Waals surface area contributed by atoms with Crippen LogP contribution in [0.4, 0.5) is 0 Å². The van der Waals surface area contributed by atoms with Crippen molar-refractivity contribution in [3.05, 3.63) is 0 Å². The quantitative estimate of drug-likeness (QED) is 0.583. The second kappa shape index (κ2) is 3.96. The summed E-state index contributed by atoms with van der Waals surface area (Å²) in [6.45, 7) is 3.71. The van der Waals surface area contributed by atoms with E-state index in [1.165, 1.54) is 0 Å². The lowest BCUT2D eigenvalue weighted by atomic mass is 10.1. The summed E-state index contributed by atoms with van der Waals surface area (Å²) in [5, 5.41) is 14.5. The van der Waals surface area contributed by atoms with Crippen LogP contribution in [-0.4, -0.2) is 35.1 Å². The lowest BCUT2D eigenvalue weighted by Gasteiger charge is -2.23. The highest BCUT2D eigenvalue weighted by Crippen LogP contribution is 2.08. The molecule has 1 rings (SSSR count). The van der Waals surface area contributed by atoms with E-state index in [9.17, 15) is 9.59 Å². The van der Waals surface area contributed by atoms with Crippen molar-refractivity contribution in [1.29, 1.82) is 0 Å². The number of carboxylic acid groups (broad SMARTS) is 1. The van der Waals surface area contributed by atoms with E-state index < -0.39 is 11.5 Å². The Labute approximate surface area is 82.9 Å². The zero-order valence-electron chi connectivity index (χ0n) is 8.46. The molecule has 1 unspecified atom stereocenters. The molecule has 0 aliphatic carbocycles. The van der Waals surface area contributed by atoms with Gasteiger partial charge < -0.3 is 15.7 Å². The number of nitrogens with one attached hydrogen (secondary N) is 2. The molecule has 1 aliphatic rings. The Hall–Kier alpha value is -1.10. The molecule has 1 aliphatic heterocycles. The van der Waals surface area contributed by atoms with E-state index in [1.807, 2.05) is 0 Å². The number of aliphatic carboxylic acids is 1. The van der Waals surface area contributed by atoms with E-state index in [4.69, 9.17) is 5.11 Å². The molecule has 5 nitrogen and oxygen atoms in total. The van der Waals surface area contributed by atoms with E-state index in [0.29, 0.717) is 13.0 Å². The molecule has 1 fully saturated rings. The van der Waals surface area contributed by atoms with Crippen molar-refractivity contribution in [2.24, 2.45) is 0 Å². The molecule has 0 radical (unpaired) electrons. The van der Waals surface area contributed by atoms with Crippen molar-refractivity contribution in [2.75, 3.05) is 6.54 Å². The summed E-state index contributed by atoms with van der Waals surface area (Å²) in [6.07, 6.45) is 1.32. The number of rotatable bonds is 4. The highest BCUT2D eigenvalue weighted by Gasteiger charge is 2.29. The topological polar surface area (TPSA) is 78.4 Å². The minimum atomic E-state index is -0.937. The third-order valence-corrected chi connectivity index (χ3v) is 2.41. The van der Waals surface area contributed by atoms with Gasteiger partial charge in [-0.15, -0.1) is 0 Å².